The van der Waals surface area contributed by atoms with Gasteiger partial charge in [-0.15, -0.1) is 0 Å². The Balaban J connectivity index is 1.76. The van der Waals surface area contributed by atoms with Crippen molar-refractivity contribution in [3.63, 3.8) is 0 Å². The average Bonchev–Trinajstić information content (AvgIpc) is 2.90. The largest absolute Gasteiger partial charge is 0.491 e. The second kappa shape index (κ2) is 4.90. The van der Waals surface area contributed by atoms with Gasteiger partial charge in [0.1, 0.15) is 18.2 Å². The number of ether oxygens (including phenoxy) is 1. The quantitative estimate of drug-likeness (QED) is 0.730. The maximum absolute atomic E-state index is 6.02. The standard InChI is InChI=1S/C16H12ClN3O/c17-16-19-12-7-3-1-6-11(12)15(20-16)18-13-9-21-14-8-4-2-5-10(13)14/h1-8,13H,9H2,(H,18,19,20). The van der Waals surface area contributed by atoms with Crippen LogP contribution in [0.2, 0.25) is 5.28 Å². The van der Waals surface area contributed by atoms with Crippen LogP contribution in [-0.2, 0) is 0 Å². The molecule has 1 unspecified atom stereocenters. The first kappa shape index (κ1) is 12.4. The number of nitrogens with one attached hydrogen (secondary N) is 1. The number of hydrogen-bond donors (Lipinski definition) is 1. The van der Waals surface area contributed by atoms with Crippen molar-refractivity contribution in [2.24, 2.45) is 0 Å². The Morgan fingerprint density at radius 1 is 1.05 bits per heavy atom. The van der Waals surface area contributed by atoms with Crippen LogP contribution in [0.15, 0.2) is 48.5 Å². The smallest absolute Gasteiger partial charge is 0.224 e. The van der Waals surface area contributed by atoms with Gasteiger partial charge in [-0.05, 0) is 29.8 Å². The van der Waals surface area contributed by atoms with E-state index in [9.17, 15) is 0 Å². The molecule has 1 atom stereocenters. The highest BCUT2D eigenvalue weighted by atomic mass is 35.5. The van der Waals surface area contributed by atoms with E-state index in [1.54, 1.807) is 0 Å². The van der Waals surface area contributed by atoms with Gasteiger partial charge in [0.25, 0.3) is 0 Å². The summed E-state index contributed by atoms with van der Waals surface area (Å²) in [6.45, 7) is 0.579. The molecular weight excluding hydrogens is 286 g/mol. The van der Waals surface area contributed by atoms with Crippen LogP contribution in [0.5, 0.6) is 5.75 Å². The number of hydrogen-bond acceptors (Lipinski definition) is 4. The SMILES string of the molecule is Clc1nc(NC2COc3ccccc32)c2ccccc2n1. The Bertz CT molecular complexity index is 821. The van der Waals surface area contributed by atoms with Crippen LogP contribution >= 0.6 is 11.6 Å². The molecule has 0 fully saturated rings. The van der Waals surface area contributed by atoms with E-state index in [0.29, 0.717) is 6.61 Å². The summed E-state index contributed by atoms with van der Waals surface area (Å²) in [7, 11) is 0. The predicted molar refractivity (Wildman–Crippen MR) is 82.8 cm³/mol. The first-order chi connectivity index (χ1) is 10.3. The third-order valence-electron chi connectivity index (χ3n) is 3.59. The van der Waals surface area contributed by atoms with Gasteiger partial charge in [0.15, 0.2) is 0 Å². The summed E-state index contributed by atoms with van der Waals surface area (Å²) in [5.41, 5.74) is 1.96. The van der Waals surface area contributed by atoms with Gasteiger partial charge in [-0.25, -0.2) is 9.97 Å². The Labute approximate surface area is 126 Å². The van der Waals surface area contributed by atoms with E-state index in [-0.39, 0.29) is 11.3 Å². The van der Waals surface area contributed by atoms with E-state index >= 15 is 0 Å². The van der Waals surface area contributed by atoms with Crippen LogP contribution in [0.1, 0.15) is 11.6 Å². The van der Waals surface area contributed by atoms with E-state index in [2.05, 4.69) is 21.4 Å². The molecule has 0 saturated carbocycles. The molecule has 4 rings (SSSR count). The fraction of sp³-hybridized carbons (Fsp3) is 0.125. The third kappa shape index (κ3) is 2.17. The molecule has 104 valence electrons. The minimum atomic E-state index is 0.0653. The number of fused-ring (bicyclic) bond motifs is 2. The summed E-state index contributed by atoms with van der Waals surface area (Å²) in [5, 5.41) is 4.61. The van der Waals surface area contributed by atoms with Crippen molar-refractivity contribution in [3.8, 4) is 5.75 Å². The van der Waals surface area contributed by atoms with Crippen molar-refractivity contribution in [2.45, 2.75) is 6.04 Å². The molecule has 3 aromatic rings. The van der Waals surface area contributed by atoms with Crippen molar-refractivity contribution in [1.29, 1.82) is 0 Å². The van der Waals surface area contributed by atoms with Gasteiger partial charge >= 0.3 is 0 Å². The van der Waals surface area contributed by atoms with Crippen LogP contribution in [0, 0.1) is 0 Å². The van der Waals surface area contributed by atoms with Crippen LogP contribution < -0.4 is 10.1 Å². The van der Waals surface area contributed by atoms with Gasteiger partial charge in [-0.3, -0.25) is 0 Å². The molecule has 1 aromatic heterocycles. The molecule has 1 N–H and O–H groups in total. The molecule has 0 bridgehead atoms. The summed E-state index contributed by atoms with van der Waals surface area (Å²) in [5.74, 6) is 1.65. The van der Waals surface area contributed by atoms with Gasteiger partial charge in [0, 0.05) is 10.9 Å². The lowest BCUT2D eigenvalue weighted by Gasteiger charge is -2.14. The first-order valence-electron chi connectivity index (χ1n) is 6.72. The van der Waals surface area contributed by atoms with Crippen LogP contribution in [0.3, 0.4) is 0 Å². The van der Waals surface area contributed by atoms with E-state index < -0.39 is 0 Å². The fourth-order valence-electron chi connectivity index (χ4n) is 2.61. The molecule has 1 aliphatic heterocycles. The molecule has 2 aromatic carbocycles. The minimum absolute atomic E-state index is 0.0653. The topological polar surface area (TPSA) is 47.0 Å². The number of para-hydroxylation sites is 2. The second-order valence-corrected chi connectivity index (χ2v) is 5.24. The highest BCUT2D eigenvalue weighted by Crippen LogP contribution is 2.35. The molecule has 0 amide bonds. The number of anilines is 1. The lowest BCUT2D eigenvalue weighted by atomic mass is 10.1. The van der Waals surface area contributed by atoms with Crippen molar-refractivity contribution in [2.75, 3.05) is 11.9 Å². The van der Waals surface area contributed by atoms with Crippen molar-refractivity contribution >= 4 is 28.3 Å². The number of benzene rings is 2. The van der Waals surface area contributed by atoms with Crippen LogP contribution in [-0.4, -0.2) is 16.6 Å². The van der Waals surface area contributed by atoms with Gasteiger partial charge in [0.2, 0.25) is 5.28 Å². The number of aromatic nitrogens is 2. The van der Waals surface area contributed by atoms with E-state index in [1.165, 1.54) is 0 Å². The van der Waals surface area contributed by atoms with Gasteiger partial charge in [-0.2, -0.15) is 0 Å². The molecule has 21 heavy (non-hydrogen) atoms. The monoisotopic (exact) mass is 297 g/mol. The molecule has 4 nitrogen and oxygen atoms in total. The normalized spacial score (nSPS) is 16.5. The zero-order valence-electron chi connectivity index (χ0n) is 11.1. The molecule has 1 aliphatic rings. The number of nitrogens with zero attached hydrogens (tertiary/aromatic N) is 2. The number of halogens is 1. The fourth-order valence-corrected chi connectivity index (χ4v) is 2.78. The van der Waals surface area contributed by atoms with E-state index in [4.69, 9.17) is 16.3 Å². The highest BCUT2D eigenvalue weighted by molar-refractivity contribution is 6.28. The average molecular weight is 298 g/mol. The minimum Gasteiger partial charge on any atom is -0.491 e. The summed E-state index contributed by atoms with van der Waals surface area (Å²) in [6.07, 6.45) is 0. The van der Waals surface area contributed by atoms with Crippen molar-refractivity contribution < 1.29 is 4.74 Å². The Morgan fingerprint density at radius 2 is 1.86 bits per heavy atom. The molecule has 5 heteroatoms. The van der Waals surface area contributed by atoms with Crippen molar-refractivity contribution in [1.82, 2.24) is 9.97 Å². The van der Waals surface area contributed by atoms with E-state index in [0.717, 1.165) is 28.0 Å². The molecular formula is C16H12ClN3O. The molecule has 0 aliphatic carbocycles. The van der Waals surface area contributed by atoms with Gasteiger partial charge in [0.05, 0.1) is 11.6 Å². The molecule has 0 radical (unpaired) electrons. The molecule has 0 spiro atoms. The highest BCUT2D eigenvalue weighted by Gasteiger charge is 2.24. The zero-order valence-corrected chi connectivity index (χ0v) is 11.8. The third-order valence-corrected chi connectivity index (χ3v) is 3.76. The summed E-state index contributed by atoms with van der Waals surface area (Å²) in [4.78, 5) is 8.56. The summed E-state index contributed by atoms with van der Waals surface area (Å²) < 4.78 is 5.69. The Kier molecular flexibility index (Phi) is 2.89. The molecule has 2 heterocycles. The molecule has 0 saturated heterocycles. The van der Waals surface area contributed by atoms with E-state index in [1.807, 2.05) is 42.5 Å². The first-order valence-corrected chi connectivity index (χ1v) is 7.09. The summed E-state index contributed by atoms with van der Waals surface area (Å²) >= 11 is 6.02. The van der Waals surface area contributed by atoms with Gasteiger partial charge < -0.3 is 10.1 Å². The van der Waals surface area contributed by atoms with Crippen LogP contribution in [0.4, 0.5) is 5.82 Å². The van der Waals surface area contributed by atoms with Crippen LogP contribution in [0.25, 0.3) is 10.9 Å². The van der Waals surface area contributed by atoms with Gasteiger partial charge in [-0.1, -0.05) is 30.3 Å². The lowest BCUT2D eigenvalue weighted by molar-refractivity contribution is 0.339. The zero-order chi connectivity index (χ0) is 14.2. The second-order valence-electron chi connectivity index (χ2n) is 4.90. The Hall–Kier alpha value is -2.33. The lowest BCUT2D eigenvalue weighted by Crippen LogP contribution is -2.13. The summed E-state index contributed by atoms with van der Waals surface area (Å²) in [6, 6.07) is 15.9. The Morgan fingerprint density at radius 3 is 2.81 bits per heavy atom. The number of rotatable bonds is 2. The maximum atomic E-state index is 6.02. The van der Waals surface area contributed by atoms with Crippen molar-refractivity contribution in [3.05, 3.63) is 59.4 Å². The maximum Gasteiger partial charge on any atom is 0.224 e. The predicted octanol–water partition coefficient (Wildman–Crippen LogP) is 3.83.